The van der Waals surface area contributed by atoms with E-state index < -0.39 is 5.54 Å². The van der Waals surface area contributed by atoms with Crippen LogP contribution in [0.5, 0.6) is 0 Å². The summed E-state index contributed by atoms with van der Waals surface area (Å²) in [6.07, 6.45) is 1.54. The van der Waals surface area contributed by atoms with Gasteiger partial charge in [-0.25, -0.2) is 14.8 Å². The molecule has 6 nitrogen and oxygen atoms in total. The summed E-state index contributed by atoms with van der Waals surface area (Å²) in [5.74, 6) is 0.427. The summed E-state index contributed by atoms with van der Waals surface area (Å²) in [7, 11) is 0. The number of hydrogen-bond acceptors (Lipinski definition) is 6. The van der Waals surface area contributed by atoms with Crippen LogP contribution in [0, 0.1) is 0 Å². The number of nitrogens with one attached hydrogen (secondary N) is 1. The Kier molecular flexibility index (Phi) is 3.58. The van der Waals surface area contributed by atoms with Crippen molar-refractivity contribution in [2.24, 2.45) is 0 Å². The first-order valence-electron chi connectivity index (χ1n) is 6.44. The molecule has 3 heterocycles. The number of urea groups is 1. The Labute approximate surface area is 129 Å². The van der Waals surface area contributed by atoms with Crippen LogP contribution < -0.4 is 5.32 Å². The SMILES string of the molecule is CC1(C)NC(=O)N(CCSc2ncnc3ccsc23)C1=O. The molecule has 0 aromatic carbocycles. The number of rotatable bonds is 4. The van der Waals surface area contributed by atoms with Gasteiger partial charge >= 0.3 is 6.03 Å². The van der Waals surface area contributed by atoms with Crippen molar-refractivity contribution in [3.8, 4) is 0 Å². The summed E-state index contributed by atoms with van der Waals surface area (Å²) in [5, 5.41) is 5.54. The number of fused-ring (bicyclic) bond motifs is 1. The van der Waals surface area contributed by atoms with Crippen molar-refractivity contribution in [3.63, 3.8) is 0 Å². The van der Waals surface area contributed by atoms with E-state index >= 15 is 0 Å². The first-order valence-corrected chi connectivity index (χ1v) is 8.31. The van der Waals surface area contributed by atoms with Gasteiger partial charge in [-0.3, -0.25) is 9.69 Å². The molecule has 21 heavy (non-hydrogen) atoms. The van der Waals surface area contributed by atoms with E-state index in [0.29, 0.717) is 12.3 Å². The highest BCUT2D eigenvalue weighted by atomic mass is 32.2. The van der Waals surface area contributed by atoms with E-state index in [1.165, 1.54) is 23.0 Å². The molecule has 0 bridgehead atoms. The van der Waals surface area contributed by atoms with Gasteiger partial charge in [0.2, 0.25) is 0 Å². The maximum atomic E-state index is 12.1. The Balaban J connectivity index is 1.66. The van der Waals surface area contributed by atoms with Gasteiger partial charge in [0, 0.05) is 12.3 Å². The molecule has 1 fully saturated rings. The summed E-state index contributed by atoms with van der Waals surface area (Å²) in [5.41, 5.74) is 0.117. The lowest BCUT2D eigenvalue weighted by Gasteiger charge is -2.15. The first kappa shape index (κ1) is 14.3. The van der Waals surface area contributed by atoms with E-state index in [1.807, 2.05) is 11.4 Å². The third-order valence-corrected chi connectivity index (χ3v) is 5.22. The largest absolute Gasteiger partial charge is 0.325 e. The van der Waals surface area contributed by atoms with E-state index in [4.69, 9.17) is 0 Å². The van der Waals surface area contributed by atoms with Crippen molar-refractivity contribution in [1.82, 2.24) is 20.2 Å². The molecule has 2 aromatic rings. The predicted molar refractivity (Wildman–Crippen MR) is 82.5 cm³/mol. The van der Waals surface area contributed by atoms with Gasteiger partial charge in [0.05, 0.1) is 10.2 Å². The van der Waals surface area contributed by atoms with E-state index in [1.54, 1.807) is 25.2 Å². The van der Waals surface area contributed by atoms with Gasteiger partial charge in [0.15, 0.2) is 0 Å². The van der Waals surface area contributed by atoms with Crippen LogP contribution in [0.2, 0.25) is 0 Å². The second kappa shape index (κ2) is 5.27. The molecule has 0 radical (unpaired) electrons. The number of hydrogen-bond donors (Lipinski definition) is 1. The van der Waals surface area contributed by atoms with Crippen LogP contribution in [-0.4, -0.2) is 44.6 Å². The molecule has 3 amide bonds. The van der Waals surface area contributed by atoms with Gasteiger partial charge < -0.3 is 5.32 Å². The van der Waals surface area contributed by atoms with Crippen molar-refractivity contribution >= 4 is 45.3 Å². The van der Waals surface area contributed by atoms with Crippen LogP contribution >= 0.6 is 23.1 Å². The van der Waals surface area contributed by atoms with Gasteiger partial charge in [-0.15, -0.1) is 23.1 Å². The van der Waals surface area contributed by atoms with Crippen LogP contribution in [-0.2, 0) is 4.79 Å². The molecule has 1 aliphatic rings. The van der Waals surface area contributed by atoms with Crippen molar-refractivity contribution in [1.29, 1.82) is 0 Å². The number of aromatic nitrogens is 2. The molecule has 0 saturated carbocycles. The zero-order chi connectivity index (χ0) is 15.0. The van der Waals surface area contributed by atoms with Crippen LogP contribution in [0.15, 0.2) is 22.8 Å². The van der Waals surface area contributed by atoms with Crippen molar-refractivity contribution in [2.45, 2.75) is 24.4 Å². The molecule has 0 unspecified atom stereocenters. The second-order valence-corrected chi connectivity index (χ2v) is 7.17. The minimum atomic E-state index is -0.808. The van der Waals surface area contributed by atoms with E-state index in [-0.39, 0.29) is 11.9 Å². The topological polar surface area (TPSA) is 75.2 Å². The van der Waals surface area contributed by atoms with Gasteiger partial charge in [0.25, 0.3) is 5.91 Å². The Morgan fingerprint density at radius 2 is 2.19 bits per heavy atom. The highest BCUT2D eigenvalue weighted by Gasteiger charge is 2.43. The number of nitrogens with zero attached hydrogens (tertiary/aromatic N) is 3. The highest BCUT2D eigenvalue weighted by Crippen LogP contribution is 2.29. The van der Waals surface area contributed by atoms with Gasteiger partial charge in [-0.05, 0) is 25.3 Å². The lowest BCUT2D eigenvalue weighted by Crippen LogP contribution is -2.40. The molecular weight excluding hydrogens is 308 g/mol. The summed E-state index contributed by atoms with van der Waals surface area (Å²) in [6, 6.07) is 1.63. The number of imide groups is 1. The molecule has 0 atom stereocenters. The maximum absolute atomic E-state index is 12.1. The maximum Gasteiger partial charge on any atom is 0.325 e. The van der Waals surface area contributed by atoms with E-state index in [2.05, 4.69) is 15.3 Å². The molecule has 2 aromatic heterocycles. The minimum Gasteiger partial charge on any atom is -0.324 e. The average Bonchev–Trinajstić information content (AvgIpc) is 2.97. The second-order valence-electron chi connectivity index (χ2n) is 5.17. The predicted octanol–water partition coefficient (Wildman–Crippen LogP) is 2.11. The van der Waals surface area contributed by atoms with E-state index in [9.17, 15) is 9.59 Å². The summed E-state index contributed by atoms with van der Waals surface area (Å²) >= 11 is 3.12. The lowest BCUT2D eigenvalue weighted by atomic mass is 10.1. The molecular formula is C13H14N4O2S2. The molecule has 0 aliphatic carbocycles. The van der Waals surface area contributed by atoms with Crippen molar-refractivity contribution < 1.29 is 9.59 Å². The highest BCUT2D eigenvalue weighted by molar-refractivity contribution is 7.99. The zero-order valence-corrected chi connectivity index (χ0v) is 13.3. The van der Waals surface area contributed by atoms with Crippen molar-refractivity contribution in [3.05, 3.63) is 17.8 Å². The third kappa shape index (κ3) is 2.60. The zero-order valence-electron chi connectivity index (χ0n) is 11.6. The van der Waals surface area contributed by atoms with E-state index in [0.717, 1.165) is 15.2 Å². The molecule has 8 heteroatoms. The Hall–Kier alpha value is -1.67. The standard InChI is InChI=1S/C13H14N4O2S2/c1-13(2)11(18)17(12(19)16-13)4-6-21-10-9-8(3-5-20-9)14-7-15-10/h3,5,7H,4,6H2,1-2H3,(H,16,19). The average molecular weight is 322 g/mol. The summed E-state index contributed by atoms with van der Waals surface area (Å²) in [6.45, 7) is 3.79. The fraction of sp³-hybridized carbons (Fsp3) is 0.385. The number of carbonyl (C=O) groups is 2. The van der Waals surface area contributed by atoms with Crippen molar-refractivity contribution in [2.75, 3.05) is 12.3 Å². The minimum absolute atomic E-state index is 0.183. The molecule has 1 saturated heterocycles. The number of carbonyl (C=O) groups excluding carboxylic acids is 2. The lowest BCUT2D eigenvalue weighted by molar-refractivity contribution is -0.130. The molecule has 0 spiro atoms. The quantitative estimate of drug-likeness (QED) is 0.530. The van der Waals surface area contributed by atoms with Crippen LogP contribution in [0.25, 0.3) is 10.2 Å². The molecule has 3 rings (SSSR count). The first-order chi connectivity index (χ1) is 9.99. The number of amides is 3. The number of thiophene rings is 1. The number of thioether (sulfide) groups is 1. The van der Waals surface area contributed by atoms with Gasteiger partial charge in [-0.1, -0.05) is 0 Å². The molecule has 110 valence electrons. The van der Waals surface area contributed by atoms with Gasteiger partial charge in [0.1, 0.15) is 16.9 Å². The monoisotopic (exact) mass is 322 g/mol. The Bertz CT molecular complexity index is 713. The third-order valence-electron chi connectivity index (χ3n) is 3.21. The summed E-state index contributed by atoms with van der Waals surface area (Å²) in [4.78, 5) is 33.6. The van der Waals surface area contributed by atoms with Crippen LogP contribution in [0.3, 0.4) is 0 Å². The fourth-order valence-corrected chi connectivity index (χ4v) is 4.00. The smallest absolute Gasteiger partial charge is 0.324 e. The van der Waals surface area contributed by atoms with Crippen LogP contribution in [0.4, 0.5) is 4.79 Å². The van der Waals surface area contributed by atoms with Gasteiger partial charge in [-0.2, -0.15) is 0 Å². The molecule has 1 aliphatic heterocycles. The fourth-order valence-electron chi connectivity index (χ4n) is 2.12. The Morgan fingerprint density at radius 3 is 2.90 bits per heavy atom. The molecule has 1 N–H and O–H groups in total. The summed E-state index contributed by atoms with van der Waals surface area (Å²) < 4.78 is 1.04. The normalized spacial score (nSPS) is 17.5. The van der Waals surface area contributed by atoms with Crippen LogP contribution in [0.1, 0.15) is 13.8 Å². The Morgan fingerprint density at radius 1 is 1.38 bits per heavy atom.